The number of pyridine rings is 1. The van der Waals surface area contributed by atoms with Gasteiger partial charge in [0.1, 0.15) is 17.3 Å². The molecule has 0 aliphatic carbocycles. The van der Waals surface area contributed by atoms with E-state index in [0.717, 1.165) is 28.4 Å². The first-order valence-electron chi connectivity index (χ1n) is 6.64. The zero-order valence-corrected chi connectivity index (χ0v) is 11.8. The fourth-order valence-electron chi connectivity index (χ4n) is 2.20. The Balaban J connectivity index is 2.31. The van der Waals surface area contributed by atoms with Crippen molar-refractivity contribution in [1.82, 2.24) is 19.4 Å². The van der Waals surface area contributed by atoms with Gasteiger partial charge in [-0.05, 0) is 19.1 Å². The van der Waals surface area contributed by atoms with Crippen LogP contribution in [0.3, 0.4) is 0 Å². The van der Waals surface area contributed by atoms with Crippen molar-refractivity contribution in [2.24, 2.45) is 0 Å². The predicted molar refractivity (Wildman–Crippen MR) is 79.5 cm³/mol. The number of nitrogens with zero attached hydrogens (tertiary/aromatic N) is 4. The summed E-state index contributed by atoms with van der Waals surface area (Å²) < 4.78 is 2.01. The molecule has 0 aliphatic rings. The number of fused-ring (bicyclic) bond motifs is 1. The first-order chi connectivity index (χ1) is 9.58. The number of hydrogen-bond donors (Lipinski definition) is 1. The Hall–Kier alpha value is -2.43. The minimum absolute atomic E-state index is 0.235. The summed E-state index contributed by atoms with van der Waals surface area (Å²) in [6.07, 6.45) is 3.71. The number of nitrogens with two attached hydrogens (primary N) is 1. The van der Waals surface area contributed by atoms with E-state index in [-0.39, 0.29) is 5.92 Å². The first kappa shape index (κ1) is 12.6. The van der Waals surface area contributed by atoms with Crippen molar-refractivity contribution < 1.29 is 0 Å². The third-order valence-electron chi connectivity index (χ3n) is 3.39. The molecule has 5 heteroatoms. The lowest BCUT2D eigenvalue weighted by Gasteiger charge is -2.13. The molecule has 5 nitrogen and oxygen atoms in total. The number of imidazole rings is 1. The zero-order valence-electron chi connectivity index (χ0n) is 11.8. The molecule has 102 valence electrons. The Morgan fingerprint density at radius 3 is 2.75 bits per heavy atom. The topological polar surface area (TPSA) is 69.1 Å². The molecule has 0 bridgehead atoms. The lowest BCUT2D eigenvalue weighted by molar-refractivity contribution is 0.775. The minimum atomic E-state index is 0.235. The monoisotopic (exact) mass is 267 g/mol. The van der Waals surface area contributed by atoms with Crippen LogP contribution in [0.15, 0.2) is 30.6 Å². The zero-order chi connectivity index (χ0) is 14.3. The highest BCUT2D eigenvalue weighted by molar-refractivity contribution is 5.67. The largest absolute Gasteiger partial charge is 0.383 e. The van der Waals surface area contributed by atoms with Crippen LogP contribution in [-0.4, -0.2) is 19.4 Å². The molecule has 0 atom stereocenters. The standard InChI is InChI=1S/C15H17N5/c1-9(2)15-18-13(10(3)14(16)19-15)11-5-4-6-12-17-7-8-20(11)12/h4-9H,1-3H3,(H2,16,18,19). The molecule has 0 saturated carbocycles. The molecule has 0 spiro atoms. The molecule has 0 unspecified atom stereocenters. The van der Waals surface area contributed by atoms with Crippen LogP contribution in [0.25, 0.3) is 17.0 Å². The van der Waals surface area contributed by atoms with E-state index in [1.807, 2.05) is 35.7 Å². The Labute approximate surface area is 117 Å². The lowest BCUT2D eigenvalue weighted by Crippen LogP contribution is -2.07. The highest BCUT2D eigenvalue weighted by Gasteiger charge is 2.14. The van der Waals surface area contributed by atoms with Gasteiger partial charge in [0.15, 0.2) is 0 Å². The third kappa shape index (κ3) is 1.91. The number of aromatic nitrogens is 4. The maximum absolute atomic E-state index is 6.04. The van der Waals surface area contributed by atoms with Gasteiger partial charge in [0.25, 0.3) is 0 Å². The minimum Gasteiger partial charge on any atom is -0.383 e. The molecule has 0 aromatic carbocycles. The van der Waals surface area contributed by atoms with E-state index in [4.69, 9.17) is 10.7 Å². The predicted octanol–water partition coefficient (Wildman–Crippen LogP) is 2.81. The summed E-state index contributed by atoms with van der Waals surface area (Å²) in [7, 11) is 0. The molecule has 20 heavy (non-hydrogen) atoms. The molecule has 0 aliphatic heterocycles. The second kappa shape index (κ2) is 4.59. The highest BCUT2D eigenvalue weighted by Crippen LogP contribution is 2.26. The Kier molecular flexibility index (Phi) is 2.89. The molecule has 3 heterocycles. The molecule has 3 rings (SSSR count). The summed E-state index contributed by atoms with van der Waals surface area (Å²) >= 11 is 0. The van der Waals surface area contributed by atoms with Crippen LogP contribution in [-0.2, 0) is 0 Å². The summed E-state index contributed by atoms with van der Waals surface area (Å²) in [5, 5.41) is 0. The van der Waals surface area contributed by atoms with E-state index >= 15 is 0 Å². The normalized spacial score (nSPS) is 11.4. The Morgan fingerprint density at radius 1 is 1.20 bits per heavy atom. The summed E-state index contributed by atoms with van der Waals surface area (Å²) in [5.74, 6) is 1.54. The van der Waals surface area contributed by atoms with Gasteiger partial charge in [-0.25, -0.2) is 15.0 Å². The molecule has 2 N–H and O–H groups in total. The van der Waals surface area contributed by atoms with Gasteiger partial charge in [-0.1, -0.05) is 19.9 Å². The van der Waals surface area contributed by atoms with Crippen molar-refractivity contribution in [1.29, 1.82) is 0 Å². The maximum Gasteiger partial charge on any atom is 0.137 e. The number of rotatable bonds is 2. The molecule has 0 radical (unpaired) electrons. The van der Waals surface area contributed by atoms with Crippen molar-refractivity contribution in [3.63, 3.8) is 0 Å². The third-order valence-corrected chi connectivity index (χ3v) is 3.39. The number of anilines is 1. The van der Waals surface area contributed by atoms with E-state index in [2.05, 4.69) is 23.8 Å². The smallest absolute Gasteiger partial charge is 0.137 e. The summed E-state index contributed by atoms with van der Waals surface area (Å²) in [4.78, 5) is 13.4. The van der Waals surface area contributed by atoms with E-state index in [0.29, 0.717) is 5.82 Å². The van der Waals surface area contributed by atoms with E-state index in [1.165, 1.54) is 0 Å². The van der Waals surface area contributed by atoms with Crippen molar-refractivity contribution in [2.75, 3.05) is 5.73 Å². The van der Waals surface area contributed by atoms with Gasteiger partial charge in [0, 0.05) is 23.9 Å². The van der Waals surface area contributed by atoms with Gasteiger partial charge < -0.3 is 5.73 Å². The van der Waals surface area contributed by atoms with E-state index in [9.17, 15) is 0 Å². The van der Waals surface area contributed by atoms with Crippen molar-refractivity contribution in [3.05, 3.63) is 42.0 Å². The van der Waals surface area contributed by atoms with Crippen LogP contribution >= 0.6 is 0 Å². The molecule has 0 fully saturated rings. The van der Waals surface area contributed by atoms with Crippen molar-refractivity contribution in [3.8, 4) is 11.4 Å². The van der Waals surface area contributed by atoms with Gasteiger partial charge in [0.05, 0.1) is 11.4 Å². The van der Waals surface area contributed by atoms with E-state index in [1.54, 1.807) is 6.20 Å². The first-order valence-corrected chi connectivity index (χ1v) is 6.64. The maximum atomic E-state index is 6.04. The number of nitrogen functional groups attached to an aromatic ring is 1. The van der Waals surface area contributed by atoms with Gasteiger partial charge in [0.2, 0.25) is 0 Å². The Morgan fingerprint density at radius 2 is 2.00 bits per heavy atom. The summed E-state index contributed by atoms with van der Waals surface area (Å²) in [6.45, 7) is 6.07. The van der Waals surface area contributed by atoms with Crippen LogP contribution in [0.1, 0.15) is 31.2 Å². The molecular weight excluding hydrogens is 250 g/mol. The average molecular weight is 267 g/mol. The van der Waals surface area contributed by atoms with Crippen LogP contribution in [0.5, 0.6) is 0 Å². The van der Waals surface area contributed by atoms with E-state index < -0.39 is 0 Å². The molecule has 3 aromatic heterocycles. The van der Waals surface area contributed by atoms with Crippen LogP contribution in [0, 0.1) is 6.92 Å². The number of hydrogen-bond acceptors (Lipinski definition) is 4. The summed E-state index contributed by atoms with van der Waals surface area (Å²) in [5.41, 5.74) is 9.68. The second-order valence-electron chi connectivity index (χ2n) is 5.16. The molecular formula is C15H17N5. The SMILES string of the molecule is Cc1c(N)nc(C(C)C)nc1-c1cccc2nccn12. The second-order valence-corrected chi connectivity index (χ2v) is 5.16. The molecule has 0 saturated heterocycles. The molecule has 0 amide bonds. The Bertz CT molecular complexity index is 773. The fourth-order valence-corrected chi connectivity index (χ4v) is 2.20. The quantitative estimate of drug-likeness (QED) is 0.775. The van der Waals surface area contributed by atoms with Gasteiger partial charge in [-0.15, -0.1) is 0 Å². The molecule has 3 aromatic rings. The van der Waals surface area contributed by atoms with Gasteiger partial charge >= 0.3 is 0 Å². The van der Waals surface area contributed by atoms with Gasteiger partial charge in [-0.2, -0.15) is 0 Å². The lowest BCUT2D eigenvalue weighted by atomic mass is 10.1. The highest BCUT2D eigenvalue weighted by atomic mass is 15.0. The van der Waals surface area contributed by atoms with Crippen LogP contribution in [0.4, 0.5) is 5.82 Å². The average Bonchev–Trinajstić information content (AvgIpc) is 2.89. The van der Waals surface area contributed by atoms with Crippen LogP contribution in [0.2, 0.25) is 0 Å². The van der Waals surface area contributed by atoms with Gasteiger partial charge in [-0.3, -0.25) is 4.40 Å². The van der Waals surface area contributed by atoms with Crippen molar-refractivity contribution >= 4 is 11.5 Å². The fraction of sp³-hybridized carbons (Fsp3) is 0.267. The van der Waals surface area contributed by atoms with Crippen molar-refractivity contribution in [2.45, 2.75) is 26.7 Å². The summed E-state index contributed by atoms with van der Waals surface area (Å²) in [6, 6.07) is 5.96. The van der Waals surface area contributed by atoms with Crippen LogP contribution < -0.4 is 5.73 Å².